The van der Waals surface area contributed by atoms with Crippen LogP contribution < -0.4 is 10.5 Å². The molecule has 4 rings (SSSR count). The molecule has 2 aromatic rings. The number of amidine groups is 1. The van der Waals surface area contributed by atoms with Crippen molar-refractivity contribution < 1.29 is 97.7 Å². The van der Waals surface area contributed by atoms with E-state index < -0.39 is 57.4 Å². The minimum absolute atomic E-state index is 0.0559. The number of hydrogen-bond donors (Lipinski definition) is 2. The van der Waals surface area contributed by atoms with E-state index in [2.05, 4.69) is 15.8 Å². The van der Waals surface area contributed by atoms with Crippen molar-refractivity contribution in [2.75, 3.05) is 158 Å². The lowest BCUT2D eigenvalue weighted by molar-refractivity contribution is -0.180. The molecule has 0 saturated carbocycles. The highest BCUT2D eigenvalue weighted by atomic mass is 32.2. The monoisotopic (exact) mass is 1160 g/mol. The summed E-state index contributed by atoms with van der Waals surface area (Å²) >= 11 is -1.70. The van der Waals surface area contributed by atoms with Gasteiger partial charge in [0.05, 0.1) is 162 Å². The smallest absolute Gasteiger partial charge is 0.313 e. The Bertz CT molecular complexity index is 2150. The largest absolute Gasteiger partial charge is 0.420 e. The fraction of sp³-hybridized carbons (Fsp3) is 0.686. The van der Waals surface area contributed by atoms with Gasteiger partial charge in [-0.25, -0.2) is 23.0 Å². The summed E-state index contributed by atoms with van der Waals surface area (Å²) in [5.41, 5.74) is 7.61. The molecule has 3 heterocycles. The van der Waals surface area contributed by atoms with E-state index in [0.717, 1.165) is 55.8 Å². The van der Waals surface area contributed by atoms with Gasteiger partial charge in [0, 0.05) is 36.5 Å². The maximum absolute atomic E-state index is 14.0. The molecule has 2 aliphatic heterocycles. The molecule has 1 atom stereocenters. The minimum Gasteiger partial charge on any atom is -0.420 e. The maximum atomic E-state index is 14.0. The molecule has 27 heteroatoms. The van der Waals surface area contributed by atoms with Crippen LogP contribution in [0.3, 0.4) is 0 Å². The molecule has 0 spiro atoms. The third-order valence-electron chi connectivity index (χ3n) is 11.5. The zero-order valence-electron chi connectivity index (χ0n) is 44.6. The summed E-state index contributed by atoms with van der Waals surface area (Å²) in [4.78, 5) is 50.4. The van der Waals surface area contributed by atoms with Crippen LogP contribution in [0.15, 0.2) is 21.5 Å². The molecule has 2 aliphatic rings. The van der Waals surface area contributed by atoms with Crippen LogP contribution >= 0.6 is 11.3 Å². The van der Waals surface area contributed by atoms with Gasteiger partial charge in [-0.05, 0) is 57.1 Å². The summed E-state index contributed by atoms with van der Waals surface area (Å²) in [5, 5.41) is 1.42. The number of hydrogen-bond acceptors (Lipinski definition) is 19. The SMILES string of the molecule is CCCN(OCC)C(=O)C1=Cc2sc(CCC3CCN(C(=O)CCOCCOCCOCCOCCOCCOCCOCCOCCOCCOCCC(=O)Oc4c(F)c(F)c(S(=O)O)c(F)c4F)CC3)cc2N=C(N)C1. The Kier molecular flexibility index (Phi) is 33.5. The Hall–Kier alpha value is -4.07. The number of aryl methyl sites for hydroxylation is 1. The second-order valence-corrected chi connectivity index (χ2v) is 19.4. The highest BCUT2D eigenvalue weighted by molar-refractivity contribution is 7.79. The van der Waals surface area contributed by atoms with Gasteiger partial charge in [-0.15, -0.1) is 11.3 Å². The van der Waals surface area contributed by atoms with E-state index in [1.807, 2.05) is 24.8 Å². The van der Waals surface area contributed by atoms with E-state index in [-0.39, 0.29) is 51.3 Å². The number of esters is 1. The van der Waals surface area contributed by atoms with Crippen LogP contribution in [-0.2, 0) is 84.1 Å². The lowest BCUT2D eigenvalue weighted by atomic mass is 9.92. The Morgan fingerprint density at radius 2 is 1.15 bits per heavy atom. The molecule has 0 aliphatic carbocycles. The quantitative estimate of drug-likeness (QED) is 0.0157. The van der Waals surface area contributed by atoms with Gasteiger partial charge in [0.25, 0.3) is 5.91 Å². The van der Waals surface area contributed by atoms with E-state index in [9.17, 15) is 36.2 Å². The number of amides is 2. The van der Waals surface area contributed by atoms with Crippen LogP contribution in [0.5, 0.6) is 5.75 Å². The fourth-order valence-electron chi connectivity index (χ4n) is 7.61. The van der Waals surface area contributed by atoms with Crippen molar-refractivity contribution in [1.82, 2.24) is 9.96 Å². The summed E-state index contributed by atoms with van der Waals surface area (Å²) in [6.45, 7) is 12.7. The number of likely N-dealkylation sites (tertiary alicyclic amines) is 1. The topological polar surface area (TPSA) is 244 Å². The number of nitrogens with two attached hydrogens (primary N) is 1. The van der Waals surface area contributed by atoms with Crippen molar-refractivity contribution >= 4 is 57.8 Å². The maximum Gasteiger partial charge on any atom is 0.313 e. The van der Waals surface area contributed by atoms with Gasteiger partial charge in [-0.2, -0.15) is 8.78 Å². The normalized spacial score (nSPS) is 14.3. The third kappa shape index (κ3) is 25.2. The summed E-state index contributed by atoms with van der Waals surface area (Å²) < 4.78 is 134. The predicted octanol–water partition coefficient (Wildman–Crippen LogP) is 5.57. The molecule has 3 N–H and O–H groups in total. The molecule has 1 unspecified atom stereocenters. The highest BCUT2D eigenvalue weighted by Gasteiger charge is 2.31. The molecule has 21 nitrogen and oxygen atoms in total. The van der Waals surface area contributed by atoms with Crippen LogP contribution in [-0.4, -0.2) is 201 Å². The molecule has 1 saturated heterocycles. The first-order chi connectivity index (χ1) is 37.8. The van der Waals surface area contributed by atoms with E-state index in [1.165, 1.54) is 9.94 Å². The number of ether oxygens (including phenoxy) is 11. The number of rotatable bonds is 43. The number of halogens is 4. The number of thiophene rings is 1. The van der Waals surface area contributed by atoms with E-state index in [1.54, 1.807) is 11.3 Å². The first kappa shape index (κ1) is 66.4. The Balaban J connectivity index is 0.836. The van der Waals surface area contributed by atoms with Crippen molar-refractivity contribution in [2.45, 2.75) is 70.1 Å². The van der Waals surface area contributed by atoms with Crippen molar-refractivity contribution in [3.05, 3.63) is 44.7 Å². The molecular formula is C51H76F4N4O17S2. The van der Waals surface area contributed by atoms with E-state index in [0.29, 0.717) is 136 Å². The molecule has 0 radical (unpaired) electrons. The fourth-order valence-corrected chi connectivity index (χ4v) is 9.18. The number of carbonyl (C=O) groups excluding carboxylic acids is 3. The van der Waals surface area contributed by atoms with Crippen LogP contribution in [0.25, 0.3) is 6.08 Å². The average molecular weight is 1160 g/mol. The minimum atomic E-state index is -3.36. The lowest BCUT2D eigenvalue weighted by Crippen LogP contribution is -2.39. The Morgan fingerprint density at radius 1 is 0.705 bits per heavy atom. The number of benzene rings is 1. The summed E-state index contributed by atoms with van der Waals surface area (Å²) in [5.74, 6) is -10.6. The molecule has 442 valence electrons. The summed E-state index contributed by atoms with van der Waals surface area (Å²) in [6, 6.07) is 2.08. The van der Waals surface area contributed by atoms with Gasteiger partial charge < -0.3 is 67.3 Å². The van der Waals surface area contributed by atoms with Gasteiger partial charge in [-0.1, -0.05) is 6.92 Å². The first-order valence-corrected chi connectivity index (χ1v) is 28.1. The van der Waals surface area contributed by atoms with Crippen molar-refractivity contribution in [3.63, 3.8) is 0 Å². The van der Waals surface area contributed by atoms with Gasteiger partial charge in [0.15, 0.2) is 22.7 Å². The predicted molar refractivity (Wildman–Crippen MR) is 278 cm³/mol. The van der Waals surface area contributed by atoms with Crippen LogP contribution in [0.2, 0.25) is 0 Å². The van der Waals surface area contributed by atoms with Crippen molar-refractivity contribution in [2.24, 2.45) is 16.6 Å². The number of piperidine rings is 1. The number of fused-ring (bicyclic) bond motifs is 1. The van der Waals surface area contributed by atoms with Crippen LogP contribution in [0.1, 0.15) is 68.5 Å². The molecule has 1 aromatic heterocycles. The number of nitrogens with zero attached hydrogens (tertiary/aromatic N) is 3. The highest BCUT2D eigenvalue weighted by Crippen LogP contribution is 2.37. The summed E-state index contributed by atoms with van der Waals surface area (Å²) in [6.07, 6.45) is 6.66. The average Bonchev–Trinajstić information content (AvgIpc) is 3.76. The molecule has 0 bridgehead atoms. The molecule has 78 heavy (non-hydrogen) atoms. The molecule has 1 fully saturated rings. The Labute approximate surface area is 459 Å². The number of aliphatic imine (C=N–C) groups is 1. The molecule has 2 amide bonds. The number of carbonyl (C=O) groups is 3. The first-order valence-electron chi connectivity index (χ1n) is 26.2. The zero-order chi connectivity index (χ0) is 56.3. The van der Waals surface area contributed by atoms with Crippen LogP contribution in [0, 0.1) is 29.2 Å². The summed E-state index contributed by atoms with van der Waals surface area (Å²) in [7, 11) is 0. The zero-order valence-corrected chi connectivity index (χ0v) is 46.2. The standard InChI is InChI=1S/C51H76F4N4O17S2/c1-3-11-59(75-4-2)51(62)38-34-41-40(57-42(56)35-38)36-39(77-41)6-5-37-7-12-58(13-8-37)43(60)9-14-65-16-18-67-20-22-69-24-26-71-28-30-73-32-33-74-31-29-72-27-25-70-23-21-68-19-17-66-15-10-44(61)76-49-45(52)47(54)50(78(63)64)48(55)46(49)53/h34,36-37H,3-33,35H2,1-2H3,(H2,56,57)(H,63,64). The number of hydroxylamine groups is 2. The van der Waals surface area contributed by atoms with Gasteiger partial charge in [-0.3, -0.25) is 19.2 Å². The molecule has 1 aromatic carbocycles. The Morgan fingerprint density at radius 3 is 1.59 bits per heavy atom. The van der Waals surface area contributed by atoms with Gasteiger partial charge >= 0.3 is 5.97 Å². The van der Waals surface area contributed by atoms with E-state index in [4.69, 9.17) is 62.5 Å². The molecular weight excluding hydrogens is 1080 g/mol. The van der Waals surface area contributed by atoms with Gasteiger partial charge in [0.2, 0.25) is 23.3 Å². The lowest BCUT2D eigenvalue weighted by Gasteiger charge is -2.32. The van der Waals surface area contributed by atoms with Crippen molar-refractivity contribution in [3.8, 4) is 5.75 Å². The third-order valence-corrected chi connectivity index (χ3v) is 13.4. The second kappa shape index (κ2) is 39.3. The van der Waals surface area contributed by atoms with E-state index >= 15 is 0 Å². The van der Waals surface area contributed by atoms with Gasteiger partial charge in [0.1, 0.15) is 10.7 Å². The van der Waals surface area contributed by atoms with Crippen LogP contribution in [0.4, 0.5) is 23.2 Å². The second-order valence-electron chi connectivity index (χ2n) is 17.4. The van der Waals surface area contributed by atoms with Crippen molar-refractivity contribution in [1.29, 1.82) is 0 Å².